The molecule has 0 amide bonds. The molecule has 0 N–H and O–H groups in total. The SMILES string of the molecule is CCOC(=O)C(S)SC(=O)C(C1CCCCC1)C1CCCCC1. The van der Waals surface area contributed by atoms with Crippen LogP contribution in [0, 0.1) is 17.8 Å². The van der Waals surface area contributed by atoms with Crippen LogP contribution in [0.3, 0.4) is 0 Å². The monoisotopic (exact) mass is 358 g/mol. The highest BCUT2D eigenvalue weighted by Crippen LogP contribution is 2.43. The van der Waals surface area contributed by atoms with E-state index < -0.39 is 4.58 Å². The lowest BCUT2D eigenvalue weighted by Gasteiger charge is -2.36. The van der Waals surface area contributed by atoms with Crippen LogP contribution >= 0.6 is 24.4 Å². The Hall–Kier alpha value is -0.160. The predicted octanol–water partition coefficient (Wildman–Crippen LogP) is 4.84. The van der Waals surface area contributed by atoms with E-state index in [1.165, 1.54) is 64.2 Å². The average molecular weight is 359 g/mol. The lowest BCUT2D eigenvalue weighted by Crippen LogP contribution is -2.33. The van der Waals surface area contributed by atoms with Gasteiger partial charge in [-0.2, -0.15) is 12.6 Å². The van der Waals surface area contributed by atoms with Gasteiger partial charge >= 0.3 is 5.97 Å². The number of ether oxygens (including phenoxy) is 1. The summed E-state index contributed by atoms with van der Waals surface area (Å²) in [6, 6.07) is 0. The van der Waals surface area contributed by atoms with Gasteiger partial charge in [-0.1, -0.05) is 50.3 Å². The van der Waals surface area contributed by atoms with Gasteiger partial charge in [-0.15, -0.1) is 0 Å². The number of carbonyl (C=O) groups is 2. The quantitative estimate of drug-likeness (QED) is 0.419. The topological polar surface area (TPSA) is 43.4 Å². The molecule has 0 radical (unpaired) electrons. The number of carbonyl (C=O) groups excluding carboxylic acids is 2. The largest absolute Gasteiger partial charge is 0.465 e. The molecule has 1 unspecified atom stereocenters. The van der Waals surface area contributed by atoms with Crippen molar-refractivity contribution in [2.24, 2.45) is 17.8 Å². The summed E-state index contributed by atoms with van der Waals surface area (Å²) in [7, 11) is 0. The molecule has 2 aliphatic carbocycles. The maximum Gasteiger partial charge on any atom is 0.329 e. The van der Waals surface area contributed by atoms with E-state index in [0.29, 0.717) is 18.4 Å². The van der Waals surface area contributed by atoms with E-state index in [1.54, 1.807) is 6.92 Å². The fourth-order valence-corrected chi connectivity index (χ4v) is 5.52. The summed E-state index contributed by atoms with van der Waals surface area (Å²) in [6.45, 7) is 2.11. The Kier molecular flexibility index (Phi) is 8.31. The number of thioether (sulfide) groups is 1. The van der Waals surface area contributed by atoms with Crippen molar-refractivity contribution in [2.45, 2.75) is 75.7 Å². The molecule has 0 aliphatic heterocycles. The Balaban J connectivity index is 2.02. The highest BCUT2D eigenvalue weighted by molar-refractivity contribution is 8.21. The van der Waals surface area contributed by atoms with Crippen LogP contribution in [-0.2, 0) is 14.3 Å². The van der Waals surface area contributed by atoms with Crippen molar-refractivity contribution in [3.63, 3.8) is 0 Å². The lowest BCUT2D eigenvalue weighted by atomic mass is 9.70. The molecule has 0 spiro atoms. The smallest absolute Gasteiger partial charge is 0.329 e. The molecule has 0 bridgehead atoms. The van der Waals surface area contributed by atoms with E-state index in [2.05, 4.69) is 12.6 Å². The van der Waals surface area contributed by atoms with E-state index in [-0.39, 0.29) is 17.0 Å². The second-order valence-electron chi connectivity index (χ2n) is 6.86. The summed E-state index contributed by atoms with van der Waals surface area (Å²) < 4.78 is 4.30. The van der Waals surface area contributed by atoms with Crippen molar-refractivity contribution in [3.8, 4) is 0 Å². The van der Waals surface area contributed by atoms with Crippen LogP contribution in [0.25, 0.3) is 0 Å². The molecule has 0 heterocycles. The van der Waals surface area contributed by atoms with Crippen molar-refractivity contribution < 1.29 is 14.3 Å². The van der Waals surface area contributed by atoms with Crippen molar-refractivity contribution in [2.75, 3.05) is 6.61 Å². The molecule has 132 valence electrons. The van der Waals surface area contributed by atoms with Gasteiger partial charge in [0.15, 0.2) is 9.70 Å². The van der Waals surface area contributed by atoms with Crippen molar-refractivity contribution in [1.82, 2.24) is 0 Å². The maximum absolute atomic E-state index is 13.0. The van der Waals surface area contributed by atoms with Crippen LogP contribution in [0.5, 0.6) is 0 Å². The minimum atomic E-state index is -0.683. The summed E-state index contributed by atoms with van der Waals surface area (Å²) in [4.78, 5) is 24.7. The first-order valence-electron chi connectivity index (χ1n) is 9.18. The predicted molar refractivity (Wildman–Crippen MR) is 98.6 cm³/mol. The first-order chi connectivity index (χ1) is 11.1. The molecule has 0 aromatic heterocycles. The Morgan fingerprint density at radius 1 is 1.00 bits per heavy atom. The Morgan fingerprint density at radius 2 is 1.48 bits per heavy atom. The molecular formula is C18H30O3S2. The van der Waals surface area contributed by atoms with Crippen LogP contribution in [-0.4, -0.2) is 22.3 Å². The number of hydrogen-bond donors (Lipinski definition) is 1. The van der Waals surface area contributed by atoms with Crippen LogP contribution < -0.4 is 0 Å². The van der Waals surface area contributed by atoms with Gasteiger partial charge in [0, 0.05) is 5.92 Å². The van der Waals surface area contributed by atoms with E-state index in [9.17, 15) is 9.59 Å². The van der Waals surface area contributed by atoms with Crippen LogP contribution in [0.15, 0.2) is 0 Å². The maximum atomic E-state index is 13.0. The van der Waals surface area contributed by atoms with Crippen LogP contribution in [0.1, 0.15) is 71.1 Å². The van der Waals surface area contributed by atoms with Crippen molar-refractivity contribution in [1.29, 1.82) is 0 Å². The zero-order valence-corrected chi connectivity index (χ0v) is 15.9. The van der Waals surface area contributed by atoms with E-state index >= 15 is 0 Å². The van der Waals surface area contributed by atoms with Gasteiger partial charge in [0.05, 0.1) is 6.61 Å². The third-order valence-electron chi connectivity index (χ3n) is 5.30. The molecule has 2 aliphatic rings. The Bertz CT molecular complexity index is 370. The van der Waals surface area contributed by atoms with Gasteiger partial charge in [0.1, 0.15) is 0 Å². The third-order valence-corrected chi connectivity index (χ3v) is 6.75. The molecule has 5 heteroatoms. The highest BCUT2D eigenvalue weighted by Gasteiger charge is 2.38. The number of thiol groups is 1. The minimum absolute atomic E-state index is 0.115. The highest BCUT2D eigenvalue weighted by atomic mass is 32.2. The standard InChI is InChI=1S/C18H30O3S2/c1-2-21-16(19)18(22)23-17(20)15(13-9-5-3-6-10-13)14-11-7-4-8-12-14/h13-15,18,22H,2-12H2,1H3. The summed E-state index contributed by atoms with van der Waals surface area (Å²) in [6.07, 6.45) is 12.3. The van der Waals surface area contributed by atoms with Crippen molar-refractivity contribution in [3.05, 3.63) is 0 Å². The molecule has 23 heavy (non-hydrogen) atoms. The molecule has 2 saturated carbocycles. The van der Waals surface area contributed by atoms with Gasteiger partial charge in [0.2, 0.25) is 0 Å². The van der Waals surface area contributed by atoms with Crippen LogP contribution in [0.4, 0.5) is 0 Å². The molecule has 2 fully saturated rings. The molecule has 1 atom stereocenters. The van der Waals surface area contributed by atoms with Gasteiger partial charge in [-0.3, -0.25) is 4.79 Å². The minimum Gasteiger partial charge on any atom is -0.465 e. The summed E-state index contributed by atoms with van der Waals surface area (Å²) in [5, 5.41) is 0.178. The molecule has 0 saturated heterocycles. The molecular weight excluding hydrogens is 328 g/mol. The van der Waals surface area contributed by atoms with Gasteiger partial charge in [0.25, 0.3) is 0 Å². The van der Waals surface area contributed by atoms with E-state index in [0.717, 1.165) is 11.8 Å². The van der Waals surface area contributed by atoms with E-state index in [4.69, 9.17) is 4.74 Å². The summed E-state index contributed by atoms with van der Waals surface area (Å²) in [5.41, 5.74) is 0. The van der Waals surface area contributed by atoms with E-state index in [1.807, 2.05) is 0 Å². The first kappa shape index (κ1) is 19.2. The summed E-state index contributed by atoms with van der Waals surface area (Å²) >= 11 is 5.38. The van der Waals surface area contributed by atoms with Gasteiger partial charge in [-0.05, 0) is 44.4 Å². The molecule has 0 aromatic carbocycles. The number of esters is 1. The Labute approximate surface area is 150 Å². The molecule has 2 rings (SSSR count). The zero-order valence-electron chi connectivity index (χ0n) is 14.2. The van der Waals surface area contributed by atoms with Gasteiger partial charge in [-0.25, -0.2) is 4.79 Å². The summed E-state index contributed by atoms with van der Waals surface area (Å²) in [5.74, 6) is 0.744. The molecule has 3 nitrogen and oxygen atoms in total. The third kappa shape index (κ3) is 5.70. The second-order valence-corrected chi connectivity index (χ2v) is 8.84. The number of hydrogen-bond acceptors (Lipinski definition) is 5. The fourth-order valence-electron chi connectivity index (χ4n) is 4.21. The van der Waals surface area contributed by atoms with Gasteiger partial charge < -0.3 is 4.74 Å². The average Bonchev–Trinajstić information content (AvgIpc) is 2.57. The first-order valence-corrected chi connectivity index (χ1v) is 10.6. The fraction of sp³-hybridized carbons (Fsp3) is 0.889. The molecule has 0 aromatic rings. The number of rotatable bonds is 6. The van der Waals surface area contributed by atoms with Crippen molar-refractivity contribution >= 4 is 35.5 Å². The zero-order chi connectivity index (χ0) is 16.7. The normalized spacial score (nSPS) is 22.0. The lowest BCUT2D eigenvalue weighted by molar-refractivity contribution is -0.140. The van der Waals surface area contributed by atoms with Crippen LogP contribution in [0.2, 0.25) is 0 Å². The Morgan fingerprint density at radius 3 is 1.91 bits per heavy atom. The second kappa shape index (κ2) is 9.97.